The monoisotopic (exact) mass is 466 g/mol. The molecule has 0 aliphatic heterocycles. The quantitative estimate of drug-likeness (QED) is 0.504. The number of rotatable bonds is 7. The van der Waals surface area contributed by atoms with Crippen LogP contribution in [0.25, 0.3) is 17.0 Å². The fourth-order valence-electron chi connectivity index (χ4n) is 4.53. The Balaban J connectivity index is 1.31. The van der Waals surface area contributed by atoms with Crippen LogP contribution in [0, 0.1) is 17.6 Å². The summed E-state index contributed by atoms with van der Waals surface area (Å²) in [7, 11) is 1.61. The first-order valence-corrected chi connectivity index (χ1v) is 11.4. The maximum absolute atomic E-state index is 13.7. The highest BCUT2D eigenvalue weighted by Crippen LogP contribution is 2.36. The number of aliphatic hydroxyl groups is 1. The molecular formula is C27H28F2N2O3. The minimum absolute atomic E-state index is 0.0691. The van der Waals surface area contributed by atoms with Crippen LogP contribution < -0.4 is 10.1 Å². The van der Waals surface area contributed by atoms with Crippen LogP contribution in [0.5, 0.6) is 5.75 Å². The van der Waals surface area contributed by atoms with E-state index in [1.165, 1.54) is 12.3 Å². The van der Waals surface area contributed by atoms with E-state index in [-0.39, 0.29) is 17.4 Å². The summed E-state index contributed by atoms with van der Waals surface area (Å²) in [5.74, 6) is -0.817. The summed E-state index contributed by atoms with van der Waals surface area (Å²) in [6, 6.07) is 11.1. The third kappa shape index (κ3) is 5.59. The SMILES string of the molecule is COc1cnc2cccc(CCC3(O)CCC(C(=O)N/C=C/c4cc(F)ccc4F)CC3)c2c1. The van der Waals surface area contributed by atoms with Crippen molar-refractivity contribution in [3.63, 3.8) is 0 Å². The molecule has 1 saturated carbocycles. The molecule has 0 radical (unpaired) electrons. The predicted molar refractivity (Wildman–Crippen MR) is 127 cm³/mol. The molecule has 0 bridgehead atoms. The highest BCUT2D eigenvalue weighted by atomic mass is 19.1. The van der Waals surface area contributed by atoms with Gasteiger partial charge in [0.1, 0.15) is 17.4 Å². The van der Waals surface area contributed by atoms with Crippen LogP contribution in [-0.4, -0.2) is 28.7 Å². The third-order valence-electron chi connectivity index (χ3n) is 6.62. The first-order valence-electron chi connectivity index (χ1n) is 11.4. The fourth-order valence-corrected chi connectivity index (χ4v) is 4.53. The number of hydrogen-bond donors (Lipinski definition) is 2. The number of aryl methyl sites for hydroxylation is 1. The maximum atomic E-state index is 13.7. The zero-order valence-electron chi connectivity index (χ0n) is 19.1. The Labute approximate surface area is 197 Å². The Bertz CT molecular complexity index is 1200. The van der Waals surface area contributed by atoms with Crippen molar-refractivity contribution < 1.29 is 23.4 Å². The zero-order chi connectivity index (χ0) is 24.1. The number of fused-ring (bicyclic) bond motifs is 1. The van der Waals surface area contributed by atoms with E-state index in [9.17, 15) is 18.7 Å². The normalized spacial score (nSPS) is 20.5. The number of ether oxygens (including phenoxy) is 1. The number of hydrogen-bond acceptors (Lipinski definition) is 4. The molecule has 1 heterocycles. The molecule has 2 aromatic carbocycles. The number of carbonyl (C=O) groups excluding carboxylic acids is 1. The van der Waals surface area contributed by atoms with Crippen LogP contribution in [-0.2, 0) is 11.2 Å². The lowest BCUT2D eigenvalue weighted by Crippen LogP contribution is -2.38. The molecule has 0 atom stereocenters. The van der Waals surface area contributed by atoms with E-state index in [1.807, 2.05) is 24.3 Å². The highest BCUT2D eigenvalue weighted by molar-refractivity contribution is 5.83. The maximum Gasteiger partial charge on any atom is 0.227 e. The molecule has 0 unspecified atom stereocenters. The van der Waals surface area contributed by atoms with Crippen molar-refractivity contribution in [3.05, 3.63) is 77.6 Å². The van der Waals surface area contributed by atoms with Gasteiger partial charge in [-0.3, -0.25) is 9.78 Å². The van der Waals surface area contributed by atoms with E-state index in [0.717, 1.165) is 34.7 Å². The van der Waals surface area contributed by atoms with Crippen molar-refractivity contribution >= 4 is 22.9 Å². The average molecular weight is 467 g/mol. The Morgan fingerprint density at radius 2 is 2.03 bits per heavy atom. The second kappa shape index (κ2) is 10.3. The van der Waals surface area contributed by atoms with E-state index >= 15 is 0 Å². The van der Waals surface area contributed by atoms with Crippen molar-refractivity contribution in [1.82, 2.24) is 10.3 Å². The van der Waals surface area contributed by atoms with Crippen molar-refractivity contribution in [2.24, 2.45) is 5.92 Å². The van der Waals surface area contributed by atoms with E-state index in [2.05, 4.69) is 10.3 Å². The number of amides is 1. The summed E-state index contributed by atoms with van der Waals surface area (Å²) in [4.78, 5) is 16.9. The van der Waals surface area contributed by atoms with Gasteiger partial charge in [-0.05, 0) is 80.5 Å². The number of benzene rings is 2. The Morgan fingerprint density at radius 1 is 1.24 bits per heavy atom. The topological polar surface area (TPSA) is 71.5 Å². The first kappa shape index (κ1) is 23.8. The molecule has 4 rings (SSSR count). The molecule has 7 heteroatoms. The molecule has 1 aromatic heterocycles. The number of carbonyl (C=O) groups is 1. The number of pyridine rings is 1. The summed E-state index contributed by atoms with van der Waals surface area (Å²) >= 11 is 0. The van der Waals surface area contributed by atoms with Crippen LogP contribution in [0.2, 0.25) is 0 Å². The van der Waals surface area contributed by atoms with Gasteiger partial charge < -0.3 is 15.2 Å². The fraction of sp³-hybridized carbons (Fsp3) is 0.333. The van der Waals surface area contributed by atoms with Crippen LogP contribution in [0.4, 0.5) is 8.78 Å². The highest BCUT2D eigenvalue weighted by Gasteiger charge is 2.35. The number of methoxy groups -OCH3 is 1. The summed E-state index contributed by atoms with van der Waals surface area (Å²) in [5.41, 5.74) is 1.23. The smallest absolute Gasteiger partial charge is 0.227 e. The van der Waals surface area contributed by atoms with Gasteiger partial charge in [0.25, 0.3) is 0 Å². The van der Waals surface area contributed by atoms with Crippen LogP contribution >= 0.6 is 0 Å². The molecule has 0 saturated heterocycles. The van der Waals surface area contributed by atoms with Gasteiger partial charge in [-0.25, -0.2) is 8.78 Å². The minimum Gasteiger partial charge on any atom is -0.495 e. The van der Waals surface area contributed by atoms with Gasteiger partial charge in [-0.15, -0.1) is 0 Å². The molecule has 2 N–H and O–H groups in total. The van der Waals surface area contributed by atoms with Gasteiger partial charge in [0.05, 0.1) is 24.4 Å². The van der Waals surface area contributed by atoms with Crippen molar-refractivity contribution in [1.29, 1.82) is 0 Å². The van der Waals surface area contributed by atoms with E-state index in [0.29, 0.717) is 44.3 Å². The molecule has 1 fully saturated rings. The first-order chi connectivity index (χ1) is 16.4. The Kier molecular flexibility index (Phi) is 7.22. The lowest BCUT2D eigenvalue weighted by Gasteiger charge is -2.35. The Hall–Kier alpha value is -3.32. The molecule has 178 valence electrons. The number of aromatic nitrogens is 1. The lowest BCUT2D eigenvalue weighted by atomic mass is 9.75. The van der Waals surface area contributed by atoms with E-state index in [4.69, 9.17) is 4.74 Å². The average Bonchev–Trinajstić information content (AvgIpc) is 2.85. The number of halogens is 2. The zero-order valence-corrected chi connectivity index (χ0v) is 19.1. The third-order valence-corrected chi connectivity index (χ3v) is 6.62. The second-order valence-corrected chi connectivity index (χ2v) is 8.87. The lowest BCUT2D eigenvalue weighted by molar-refractivity contribution is -0.127. The number of nitrogens with zero attached hydrogens (tertiary/aromatic N) is 1. The van der Waals surface area contributed by atoms with Gasteiger partial charge in [0.15, 0.2) is 0 Å². The second-order valence-electron chi connectivity index (χ2n) is 8.87. The van der Waals surface area contributed by atoms with E-state index < -0.39 is 17.2 Å². The summed E-state index contributed by atoms with van der Waals surface area (Å²) in [5, 5.41) is 14.8. The predicted octanol–water partition coefficient (Wildman–Crippen LogP) is 5.16. The van der Waals surface area contributed by atoms with Gasteiger partial charge in [-0.1, -0.05) is 12.1 Å². The molecule has 1 aliphatic rings. The van der Waals surface area contributed by atoms with Gasteiger partial charge >= 0.3 is 0 Å². The molecular weight excluding hydrogens is 438 g/mol. The van der Waals surface area contributed by atoms with Crippen LogP contribution in [0.3, 0.4) is 0 Å². The van der Waals surface area contributed by atoms with Crippen molar-refractivity contribution in [2.75, 3.05) is 7.11 Å². The molecule has 3 aromatic rings. The summed E-state index contributed by atoms with van der Waals surface area (Å²) in [6.45, 7) is 0. The number of nitrogens with one attached hydrogen (secondary N) is 1. The molecule has 34 heavy (non-hydrogen) atoms. The molecule has 1 aliphatic carbocycles. The summed E-state index contributed by atoms with van der Waals surface area (Å²) in [6.07, 6.45) is 7.84. The van der Waals surface area contributed by atoms with Gasteiger partial charge in [0.2, 0.25) is 5.91 Å². The largest absolute Gasteiger partial charge is 0.495 e. The standard InChI is InChI=1S/C27H28F2N2O3/c1-34-22-16-23-18(3-2-4-25(23)31-17-22)7-11-27(33)12-8-19(9-13-27)26(32)30-14-10-20-15-21(28)5-6-24(20)29/h2-6,10,14-17,19,33H,7-9,11-13H2,1H3,(H,30,32)/b14-10+. The molecule has 1 amide bonds. The van der Waals surface area contributed by atoms with Gasteiger partial charge in [0, 0.05) is 23.1 Å². The van der Waals surface area contributed by atoms with Crippen molar-refractivity contribution in [2.45, 2.75) is 44.1 Å². The minimum atomic E-state index is -0.828. The van der Waals surface area contributed by atoms with Crippen LogP contribution in [0.15, 0.2) is 54.9 Å². The molecule has 5 nitrogen and oxygen atoms in total. The van der Waals surface area contributed by atoms with Crippen LogP contribution in [0.1, 0.15) is 43.2 Å². The molecule has 0 spiro atoms. The Morgan fingerprint density at radius 3 is 2.79 bits per heavy atom. The van der Waals surface area contributed by atoms with E-state index in [1.54, 1.807) is 13.3 Å². The summed E-state index contributed by atoms with van der Waals surface area (Å²) < 4.78 is 32.2. The van der Waals surface area contributed by atoms with Gasteiger partial charge in [-0.2, -0.15) is 0 Å². The van der Waals surface area contributed by atoms with Crippen molar-refractivity contribution in [3.8, 4) is 5.75 Å².